The van der Waals surface area contributed by atoms with Crippen molar-refractivity contribution in [2.45, 2.75) is 6.92 Å². The van der Waals surface area contributed by atoms with E-state index in [2.05, 4.69) is 15.3 Å². The monoisotopic (exact) mass is 416 g/mol. The van der Waals surface area contributed by atoms with E-state index in [0.29, 0.717) is 4.41 Å². The van der Waals surface area contributed by atoms with Crippen molar-refractivity contribution in [1.29, 1.82) is 0 Å². The summed E-state index contributed by atoms with van der Waals surface area (Å²) in [5, 5.41) is 3.39. The van der Waals surface area contributed by atoms with E-state index in [9.17, 15) is 18.0 Å². The molecule has 2 heterocycles. The number of aromatic nitrogens is 2. The summed E-state index contributed by atoms with van der Waals surface area (Å²) in [7, 11) is -0.212. The first-order valence-corrected chi connectivity index (χ1v) is 9.33. The first-order chi connectivity index (χ1) is 13.2. The third kappa shape index (κ3) is 4.98. The van der Waals surface area contributed by atoms with Crippen LogP contribution in [0, 0.1) is 0 Å². The largest absolute Gasteiger partial charge is 0.481 e. The van der Waals surface area contributed by atoms with Crippen molar-refractivity contribution in [3.05, 3.63) is 17.8 Å². The van der Waals surface area contributed by atoms with E-state index in [1.807, 2.05) is 0 Å². The highest BCUT2D eigenvalue weighted by atomic mass is 32.2. The van der Waals surface area contributed by atoms with Crippen molar-refractivity contribution in [1.82, 2.24) is 24.1 Å². The predicted molar refractivity (Wildman–Crippen MR) is 95.4 cm³/mol. The average molecular weight is 416 g/mol. The van der Waals surface area contributed by atoms with Gasteiger partial charge in [0.2, 0.25) is 17.7 Å². The third-order valence-corrected chi connectivity index (χ3v) is 4.65. The molecule has 0 radical (unpaired) electrons. The zero-order chi connectivity index (χ0) is 20.9. The lowest BCUT2D eigenvalue weighted by atomic mass is 10.3. The van der Waals surface area contributed by atoms with Gasteiger partial charge in [-0.2, -0.15) is 22.8 Å². The van der Waals surface area contributed by atoms with Gasteiger partial charge in [0.25, 0.3) is 0 Å². The number of carbonyl (C=O) groups is 2. The number of rotatable bonds is 7. The van der Waals surface area contributed by atoms with E-state index in [1.54, 1.807) is 11.6 Å². The average Bonchev–Trinajstić information content (AvgIpc) is 3.03. The molecule has 0 saturated heterocycles. The van der Waals surface area contributed by atoms with Crippen LogP contribution in [0.3, 0.4) is 0 Å². The summed E-state index contributed by atoms with van der Waals surface area (Å²) < 4.78 is 42.1. The van der Waals surface area contributed by atoms with Gasteiger partial charge in [0.1, 0.15) is 0 Å². The number of amides is 2. The molecule has 154 valence electrons. The molecule has 28 heavy (non-hydrogen) atoms. The lowest BCUT2D eigenvalue weighted by molar-refractivity contribution is -0.138. The Labute approximate surface area is 161 Å². The fourth-order valence-corrected chi connectivity index (χ4v) is 3.21. The highest BCUT2D eigenvalue weighted by Gasteiger charge is 2.33. The van der Waals surface area contributed by atoms with Crippen LogP contribution >= 0.6 is 0 Å². The molecule has 1 aliphatic heterocycles. The van der Waals surface area contributed by atoms with E-state index in [-0.39, 0.29) is 36.4 Å². The summed E-state index contributed by atoms with van der Waals surface area (Å²) in [6.07, 6.45) is 1.07. The number of methoxy groups -OCH3 is 2. The predicted octanol–water partition coefficient (Wildman–Crippen LogP) is -0.530. The Morgan fingerprint density at radius 1 is 1.21 bits per heavy atom. The first kappa shape index (κ1) is 21.2. The van der Waals surface area contributed by atoms with Crippen LogP contribution in [0.1, 0.15) is 6.92 Å². The molecule has 14 heteroatoms. The number of ether oxygens (including phenoxy) is 3. The molecule has 2 rings (SSSR count). The Morgan fingerprint density at radius 2 is 1.82 bits per heavy atom. The molecule has 0 aliphatic carbocycles. The van der Waals surface area contributed by atoms with Crippen LogP contribution < -0.4 is 19.5 Å². The van der Waals surface area contributed by atoms with Gasteiger partial charge in [0.05, 0.1) is 39.0 Å². The van der Waals surface area contributed by atoms with Crippen molar-refractivity contribution in [3.8, 4) is 11.8 Å². The Kier molecular flexibility index (Phi) is 6.58. The molecule has 0 spiro atoms. The van der Waals surface area contributed by atoms with Gasteiger partial charge in [0.15, 0.2) is 0 Å². The van der Waals surface area contributed by atoms with E-state index >= 15 is 0 Å². The van der Waals surface area contributed by atoms with E-state index in [0.717, 1.165) is 6.20 Å². The van der Waals surface area contributed by atoms with Crippen LogP contribution in [0.4, 0.5) is 10.7 Å². The van der Waals surface area contributed by atoms with E-state index in [1.165, 1.54) is 32.3 Å². The van der Waals surface area contributed by atoms with Crippen LogP contribution in [0.2, 0.25) is 0 Å². The van der Waals surface area contributed by atoms with Gasteiger partial charge >= 0.3 is 22.2 Å². The van der Waals surface area contributed by atoms with E-state index < -0.39 is 22.2 Å². The van der Waals surface area contributed by atoms with Crippen molar-refractivity contribution in [2.24, 2.45) is 0 Å². The van der Waals surface area contributed by atoms with Gasteiger partial charge < -0.3 is 14.2 Å². The Hall–Kier alpha value is -3.13. The first-order valence-electron chi connectivity index (χ1n) is 7.89. The fourth-order valence-electron chi connectivity index (χ4n) is 2.14. The number of hydrogen-bond donors (Lipinski definition) is 2. The third-order valence-electron chi connectivity index (χ3n) is 3.33. The molecule has 13 nitrogen and oxygen atoms in total. The minimum absolute atomic E-state index is 0.00242. The summed E-state index contributed by atoms with van der Waals surface area (Å²) in [5.41, 5.74) is 0.121. The molecule has 0 saturated carbocycles. The number of hydrogen-bond acceptors (Lipinski definition) is 10. The lowest BCUT2D eigenvalue weighted by Crippen LogP contribution is -2.47. The molecule has 0 fully saturated rings. The molecule has 1 aromatic heterocycles. The van der Waals surface area contributed by atoms with Crippen LogP contribution in [-0.2, 0) is 19.7 Å². The molecular formula is C14H20N6O7S. The highest BCUT2D eigenvalue weighted by molar-refractivity contribution is 7.87. The molecular weight excluding hydrogens is 396 g/mol. The number of nitrogens with zero attached hydrogens (tertiary/aromatic N) is 4. The van der Waals surface area contributed by atoms with Crippen LogP contribution in [-0.4, -0.2) is 74.2 Å². The van der Waals surface area contributed by atoms with Gasteiger partial charge in [-0.1, -0.05) is 0 Å². The Morgan fingerprint density at radius 3 is 2.36 bits per heavy atom. The molecule has 2 N–H and O–H groups in total. The summed E-state index contributed by atoms with van der Waals surface area (Å²) in [6.45, 7) is 1.78. The van der Waals surface area contributed by atoms with Crippen molar-refractivity contribution >= 4 is 28.2 Å². The van der Waals surface area contributed by atoms with Crippen molar-refractivity contribution < 1.29 is 32.2 Å². The molecule has 0 atom stereocenters. The van der Waals surface area contributed by atoms with Crippen molar-refractivity contribution in [3.63, 3.8) is 0 Å². The van der Waals surface area contributed by atoms with Crippen LogP contribution in [0.15, 0.2) is 17.8 Å². The standard InChI is InChI=1S/C14H20N6O7S/c1-5-27-12(21)9-7-19(2)20(8-9)28(23,24)18-14(22)17-13-15-10(25-3)6-11(16-13)26-4/h6,8H,5,7H2,1-4H3,(H2,15,16,17,18,22). The maximum absolute atomic E-state index is 12.4. The Bertz CT molecular complexity index is 866. The molecule has 1 aromatic rings. The Balaban J connectivity index is 2.11. The smallest absolute Gasteiger partial charge is 0.340 e. The second-order valence-corrected chi connectivity index (χ2v) is 6.83. The topological polar surface area (TPSA) is 152 Å². The molecule has 0 unspecified atom stereocenters. The van der Waals surface area contributed by atoms with Gasteiger partial charge in [-0.3, -0.25) is 5.32 Å². The summed E-state index contributed by atoms with van der Waals surface area (Å²) >= 11 is 0. The molecule has 1 aliphatic rings. The van der Waals surface area contributed by atoms with Gasteiger partial charge in [-0.05, 0) is 6.92 Å². The number of likely N-dealkylation sites (N-methyl/N-ethyl adjacent to an activating group) is 1. The SMILES string of the molecule is CCOC(=O)C1=CN(S(=O)(=O)NC(=O)Nc2nc(OC)cc(OC)n2)N(C)C1. The summed E-state index contributed by atoms with van der Waals surface area (Å²) in [5.74, 6) is -0.674. The summed E-state index contributed by atoms with van der Waals surface area (Å²) in [4.78, 5) is 31.6. The molecule has 2 amide bonds. The fraction of sp³-hybridized carbons (Fsp3) is 0.429. The normalized spacial score (nSPS) is 14.3. The second-order valence-electron chi connectivity index (χ2n) is 5.30. The quantitative estimate of drug-likeness (QED) is 0.555. The van der Waals surface area contributed by atoms with Gasteiger partial charge in [-0.25, -0.2) is 19.3 Å². The maximum Gasteiger partial charge on any atom is 0.340 e. The number of nitrogens with one attached hydrogen (secondary N) is 2. The lowest BCUT2D eigenvalue weighted by Gasteiger charge is -2.23. The molecule has 0 bridgehead atoms. The highest BCUT2D eigenvalue weighted by Crippen LogP contribution is 2.19. The van der Waals surface area contributed by atoms with Crippen molar-refractivity contribution in [2.75, 3.05) is 39.7 Å². The zero-order valence-electron chi connectivity index (χ0n) is 15.6. The van der Waals surface area contributed by atoms with Crippen LogP contribution in [0.5, 0.6) is 11.8 Å². The minimum Gasteiger partial charge on any atom is -0.481 e. The molecule has 0 aromatic carbocycles. The maximum atomic E-state index is 12.4. The van der Waals surface area contributed by atoms with Gasteiger partial charge in [-0.15, -0.1) is 0 Å². The number of esters is 1. The second kappa shape index (κ2) is 8.71. The van der Waals surface area contributed by atoms with E-state index in [4.69, 9.17) is 14.2 Å². The summed E-state index contributed by atoms with van der Waals surface area (Å²) in [6, 6.07) is 0.252. The number of anilines is 1. The number of carbonyl (C=O) groups excluding carboxylic acids is 2. The van der Waals surface area contributed by atoms with Gasteiger partial charge in [0, 0.05) is 13.2 Å². The zero-order valence-corrected chi connectivity index (χ0v) is 16.4. The number of urea groups is 1. The van der Waals surface area contributed by atoms with Crippen LogP contribution in [0.25, 0.3) is 0 Å². The minimum atomic E-state index is -4.35. The number of hydrazine groups is 1.